The van der Waals surface area contributed by atoms with Crippen molar-refractivity contribution in [1.82, 2.24) is 10.3 Å². The van der Waals surface area contributed by atoms with E-state index < -0.39 is 0 Å². The average Bonchev–Trinajstić information content (AvgIpc) is 3.07. The predicted molar refractivity (Wildman–Crippen MR) is 94.6 cm³/mol. The largest absolute Gasteiger partial charge is 0.477 e. The number of hydrogen-bond donors (Lipinski definition) is 1. The molecule has 1 fully saturated rings. The van der Waals surface area contributed by atoms with Crippen molar-refractivity contribution < 1.29 is 14.3 Å². The number of nitrogens with zero attached hydrogens (tertiary/aromatic N) is 2. The summed E-state index contributed by atoms with van der Waals surface area (Å²) in [6, 6.07) is 11.1. The zero-order chi connectivity index (χ0) is 17.6. The number of rotatable bonds is 6. The van der Waals surface area contributed by atoms with Crippen LogP contribution in [0.15, 0.2) is 42.6 Å². The standard InChI is InChI=1S/C19H21N3O3/c1-2-25-19-16(5-3-11-20-19)18(24)21-13-14-7-9-15(10-8-14)22-12-4-6-17(22)23/h3,5,7-11H,2,4,6,12-13H2,1H3,(H,21,24). The van der Waals surface area contributed by atoms with Gasteiger partial charge in [-0.2, -0.15) is 0 Å². The van der Waals surface area contributed by atoms with Crippen LogP contribution in [0.1, 0.15) is 35.7 Å². The normalized spacial score (nSPS) is 13.8. The average molecular weight is 339 g/mol. The molecule has 3 rings (SSSR count). The van der Waals surface area contributed by atoms with E-state index in [9.17, 15) is 9.59 Å². The lowest BCUT2D eigenvalue weighted by Crippen LogP contribution is -2.24. The molecular weight excluding hydrogens is 318 g/mol. The van der Waals surface area contributed by atoms with Crippen LogP contribution in [0.5, 0.6) is 5.88 Å². The second-order valence-corrected chi connectivity index (χ2v) is 5.79. The van der Waals surface area contributed by atoms with Gasteiger partial charge in [-0.25, -0.2) is 4.98 Å². The van der Waals surface area contributed by atoms with Crippen LogP contribution < -0.4 is 15.0 Å². The highest BCUT2D eigenvalue weighted by Crippen LogP contribution is 2.21. The van der Waals surface area contributed by atoms with Gasteiger partial charge in [-0.15, -0.1) is 0 Å². The Bertz CT molecular complexity index is 759. The number of anilines is 1. The summed E-state index contributed by atoms with van der Waals surface area (Å²) in [7, 11) is 0. The van der Waals surface area contributed by atoms with Gasteiger partial charge >= 0.3 is 0 Å². The van der Waals surface area contributed by atoms with Gasteiger partial charge in [0.2, 0.25) is 11.8 Å². The highest BCUT2D eigenvalue weighted by Gasteiger charge is 2.21. The highest BCUT2D eigenvalue weighted by atomic mass is 16.5. The molecule has 1 aliphatic heterocycles. The van der Waals surface area contributed by atoms with Crippen molar-refractivity contribution in [1.29, 1.82) is 0 Å². The van der Waals surface area contributed by atoms with Crippen molar-refractivity contribution in [3.63, 3.8) is 0 Å². The quantitative estimate of drug-likeness (QED) is 0.878. The van der Waals surface area contributed by atoms with Gasteiger partial charge in [0.05, 0.1) is 6.61 Å². The summed E-state index contributed by atoms with van der Waals surface area (Å²) in [5.74, 6) is 0.279. The molecule has 1 aromatic carbocycles. The summed E-state index contributed by atoms with van der Waals surface area (Å²) >= 11 is 0. The number of aromatic nitrogens is 1. The molecule has 0 saturated carbocycles. The van der Waals surface area contributed by atoms with Crippen LogP contribution in [-0.2, 0) is 11.3 Å². The van der Waals surface area contributed by atoms with Crippen LogP contribution in [0.4, 0.5) is 5.69 Å². The third-order valence-electron chi connectivity index (χ3n) is 4.07. The van der Waals surface area contributed by atoms with Crippen molar-refractivity contribution >= 4 is 17.5 Å². The van der Waals surface area contributed by atoms with Crippen LogP contribution in [0.2, 0.25) is 0 Å². The minimum atomic E-state index is -0.227. The molecule has 0 aliphatic carbocycles. The van der Waals surface area contributed by atoms with Gasteiger partial charge in [-0.3, -0.25) is 9.59 Å². The Kier molecular flexibility index (Phi) is 5.28. The zero-order valence-electron chi connectivity index (χ0n) is 14.2. The summed E-state index contributed by atoms with van der Waals surface area (Å²) in [5.41, 5.74) is 2.29. The Labute approximate surface area is 146 Å². The Morgan fingerprint density at radius 2 is 2.08 bits per heavy atom. The number of pyridine rings is 1. The van der Waals surface area contributed by atoms with E-state index >= 15 is 0 Å². The van der Waals surface area contributed by atoms with E-state index in [0.29, 0.717) is 31.0 Å². The van der Waals surface area contributed by atoms with Crippen LogP contribution >= 0.6 is 0 Å². The first-order valence-corrected chi connectivity index (χ1v) is 8.44. The molecule has 2 amide bonds. The number of carbonyl (C=O) groups excluding carboxylic acids is 2. The smallest absolute Gasteiger partial charge is 0.257 e. The Morgan fingerprint density at radius 1 is 1.28 bits per heavy atom. The third kappa shape index (κ3) is 3.96. The van der Waals surface area contributed by atoms with Gasteiger partial charge in [0, 0.05) is 31.4 Å². The van der Waals surface area contributed by atoms with Crippen LogP contribution in [0.25, 0.3) is 0 Å². The third-order valence-corrected chi connectivity index (χ3v) is 4.07. The number of carbonyl (C=O) groups is 2. The Hall–Kier alpha value is -2.89. The predicted octanol–water partition coefficient (Wildman–Crippen LogP) is 2.54. The molecule has 0 atom stereocenters. The Morgan fingerprint density at radius 3 is 2.76 bits per heavy atom. The molecule has 6 heteroatoms. The fourth-order valence-electron chi connectivity index (χ4n) is 2.81. The monoisotopic (exact) mass is 339 g/mol. The molecule has 2 heterocycles. The number of amides is 2. The van der Waals surface area contributed by atoms with Crippen molar-refractivity contribution in [3.8, 4) is 5.88 Å². The fourth-order valence-corrected chi connectivity index (χ4v) is 2.81. The topological polar surface area (TPSA) is 71.5 Å². The first kappa shape index (κ1) is 17.0. The zero-order valence-corrected chi connectivity index (χ0v) is 14.2. The number of nitrogens with one attached hydrogen (secondary N) is 1. The molecule has 130 valence electrons. The minimum absolute atomic E-state index is 0.168. The van der Waals surface area contributed by atoms with Crippen molar-refractivity contribution in [2.75, 3.05) is 18.1 Å². The van der Waals surface area contributed by atoms with Crippen LogP contribution in [-0.4, -0.2) is 29.9 Å². The first-order valence-electron chi connectivity index (χ1n) is 8.44. The lowest BCUT2D eigenvalue weighted by Gasteiger charge is -2.16. The summed E-state index contributed by atoms with van der Waals surface area (Å²) in [5, 5.41) is 2.87. The van der Waals surface area contributed by atoms with Gasteiger partial charge in [-0.05, 0) is 43.2 Å². The summed E-state index contributed by atoms with van der Waals surface area (Å²) < 4.78 is 5.38. The van der Waals surface area contributed by atoms with E-state index in [-0.39, 0.29) is 11.8 Å². The van der Waals surface area contributed by atoms with Crippen molar-refractivity contribution in [3.05, 3.63) is 53.7 Å². The number of benzene rings is 1. The van der Waals surface area contributed by atoms with Gasteiger partial charge in [0.15, 0.2) is 0 Å². The molecule has 0 unspecified atom stereocenters. The SMILES string of the molecule is CCOc1ncccc1C(=O)NCc1ccc(N2CCCC2=O)cc1. The second-order valence-electron chi connectivity index (χ2n) is 5.79. The molecule has 0 bridgehead atoms. The maximum Gasteiger partial charge on any atom is 0.257 e. The van der Waals surface area contributed by atoms with E-state index in [1.54, 1.807) is 23.2 Å². The maximum atomic E-state index is 12.3. The van der Waals surface area contributed by atoms with Gasteiger partial charge in [0.25, 0.3) is 5.91 Å². The molecule has 1 saturated heterocycles. The van der Waals surface area contributed by atoms with Crippen molar-refractivity contribution in [2.45, 2.75) is 26.3 Å². The molecule has 0 spiro atoms. The van der Waals surface area contributed by atoms with E-state index in [1.165, 1.54) is 0 Å². The van der Waals surface area contributed by atoms with Crippen LogP contribution in [0.3, 0.4) is 0 Å². The molecular formula is C19H21N3O3. The molecule has 1 aromatic heterocycles. The summed E-state index contributed by atoms with van der Waals surface area (Å²) in [6.45, 7) is 3.47. The fraction of sp³-hybridized carbons (Fsp3) is 0.316. The Balaban J connectivity index is 1.62. The van der Waals surface area contributed by atoms with Crippen LogP contribution in [0, 0.1) is 0 Å². The second kappa shape index (κ2) is 7.79. The van der Waals surface area contributed by atoms with E-state index in [2.05, 4.69) is 10.3 Å². The van der Waals surface area contributed by atoms with Gasteiger partial charge in [-0.1, -0.05) is 12.1 Å². The maximum absolute atomic E-state index is 12.3. The van der Waals surface area contributed by atoms with Crippen molar-refractivity contribution in [2.24, 2.45) is 0 Å². The molecule has 0 radical (unpaired) electrons. The lowest BCUT2D eigenvalue weighted by molar-refractivity contribution is -0.117. The van der Waals surface area contributed by atoms with E-state index in [0.717, 1.165) is 24.2 Å². The highest BCUT2D eigenvalue weighted by molar-refractivity contribution is 5.96. The summed E-state index contributed by atoms with van der Waals surface area (Å²) in [6.07, 6.45) is 3.12. The minimum Gasteiger partial charge on any atom is -0.477 e. The van der Waals surface area contributed by atoms with Gasteiger partial charge in [0.1, 0.15) is 5.56 Å². The van der Waals surface area contributed by atoms with E-state index in [1.807, 2.05) is 31.2 Å². The lowest BCUT2D eigenvalue weighted by atomic mass is 10.2. The first-order chi connectivity index (χ1) is 12.2. The molecule has 6 nitrogen and oxygen atoms in total. The molecule has 25 heavy (non-hydrogen) atoms. The molecule has 1 aliphatic rings. The number of hydrogen-bond acceptors (Lipinski definition) is 4. The summed E-state index contributed by atoms with van der Waals surface area (Å²) in [4.78, 5) is 30.0. The molecule has 1 N–H and O–H groups in total. The number of ether oxygens (including phenoxy) is 1. The van der Waals surface area contributed by atoms with Gasteiger partial charge < -0.3 is 15.0 Å². The molecule has 2 aromatic rings. The van der Waals surface area contributed by atoms with E-state index in [4.69, 9.17) is 4.74 Å².